The Labute approximate surface area is 172 Å². The van der Waals surface area contributed by atoms with Crippen LogP contribution in [0.2, 0.25) is 5.02 Å². The summed E-state index contributed by atoms with van der Waals surface area (Å²) in [6, 6.07) is 16.9. The lowest BCUT2D eigenvalue weighted by Gasteiger charge is -2.34. The third kappa shape index (κ3) is 5.55. The van der Waals surface area contributed by atoms with Crippen molar-refractivity contribution >= 4 is 23.2 Å². The van der Waals surface area contributed by atoms with Gasteiger partial charge in [-0.1, -0.05) is 35.9 Å². The van der Waals surface area contributed by atoms with Gasteiger partial charge in [-0.25, -0.2) is 0 Å². The van der Waals surface area contributed by atoms with E-state index >= 15 is 0 Å². The van der Waals surface area contributed by atoms with Crippen LogP contribution in [-0.4, -0.2) is 45.8 Å². The Balaban J connectivity index is 1.43. The zero-order valence-electron chi connectivity index (χ0n) is 16.6. The van der Waals surface area contributed by atoms with Gasteiger partial charge < -0.3 is 20.3 Å². The van der Waals surface area contributed by atoms with Crippen molar-refractivity contribution in [2.24, 2.45) is 4.99 Å². The topological polar surface area (TPSA) is 48.9 Å². The number of anilines is 1. The van der Waals surface area contributed by atoms with E-state index in [0.29, 0.717) is 6.04 Å². The summed E-state index contributed by atoms with van der Waals surface area (Å²) in [6.07, 6.45) is 3.02. The van der Waals surface area contributed by atoms with Crippen LogP contribution in [0.15, 0.2) is 53.5 Å². The SMILES string of the molecule is CN=C(NCCc1ccc(OC)cc1Cl)NC1CCN(c2ccccc2)CC1. The van der Waals surface area contributed by atoms with Crippen molar-refractivity contribution in [3.05, 3.63) is 59.1 Å². The quantitative estimate of drug-likeness (QED) is 0.573. The molecule has 2 N–H and O–H groups in total. The van der Waals surface area contributed by atoms with E-state index < -0.39 is 0 Å². The number of piperidine rings is 1. The summed E-state index contributed by atoms with van der Waals surface area (Å²) < 4.78 is 5.20. The van der Waals surface area contributed by atoms with Gasteiger partial charge in [0.25, 0.3) is 0 Å². The van der Waals surface area contributed by atoms with Crippen LogP contribution in [0.4, 0.5) is 5.69 Å². The maximum atomic E-state index is 6.32. The maximum Gasteiger partial charge on any atom is 0.191 e. The van der Waals surface area contributed by atoms with E-state index in [0.717, 1.165) is 61.2 Å². The molecule has 0 amide bonds. The van der Waals surface area contributed by atoms with Gasteiger partial charge in [0.05, 0.1) is 7.11 Å². The molecule has 0 unspecified atom stereocenters. The molecule has 0 atom stereocenters. The smallest absolute Gasteiger partial charge is 0.191 e. The highest BCUT2D eigenvalue weighted by Crippen LogP contribution is 2.22. The maximum absolute atomic E-state index is 6.32. The highest BCUT2D eigenvalue weighted by Gasteiger charge is 2.20. The lowest BCUT2D eigenvalue weighted by molar-refractivity contribution is 0.414. The van der Waals surface area contributed by atoms with Crippen molar-refractivity contribution in [2.75, 3.05) is 38.7 Å². The first-order valence-corrected chi connectivity index (χ1v) is 10.2. The minimum atomic E-state index is 0.440. The molecule has 1 fully saturated rings. The number of halogens is 1. The van der Waals surface area contributed by atoms with Gasteiger partial charge >= 0.3 is 0 Å². The molecule has 0 aromatic heterocycles. The third-order valence-electron chi connectivity index (χ3n) is 5.13. The molecule has 2 aromatic rings. The normalized spacial score (nSPS) is 15.4. The summed E-state index contributed by atoms with van der Waals surface area (Å²) in [5.74, 6) is 1.63. The Bertz CT molecular complexity index is 773. The molecule has 1 heterocycles. The van der Waals surface area contributed by atoms with Crippen LogP contribution in [0.5, 0.6) is 5.75 Å². The van der Waals surface area contributed by atoms with E-state index in [-0.39, 0.29) is 0 Å². The van der Waals surface area contributed by atoms with E-state index in [1.54, 1.807) is 7.11 Å². The van der Waals surface area contributed by atoms with Gasteiger partial charge in [0, 0.05) is 43.4 Å². The predicted octanol–water partition coefficient (Wildman–Crippen LogP) is 3.73. The predicted molar refractivity (Wildman–Crippen MR) is 118 cm³/mol. The van der Waals surface area contributed by atoms with Gasteiger partial charge in [-0.3, -0.25) is 4.99 Å². The van der Waals surface area contributed by atoms with Crippen molar-refractivity contribution in [2.45, 2.75) is 25.3 Å². The second-order valence-electron chi connectivity index (χ2n) is 6.95. The molecule has 0 bridgehead atoms. The zero-order valence-corrected chi connectivity index (χ0v) is 17.4. The standard InChI is InChI=1S/C22H29ClN4O/c1-24-22(25-13-10-17-8-9-20(28-2)16-21(17)23)26-18-11-14-27(15-12-18)19-6-4-3-5-7-19/h3-9,16,18H,10-15H2,1-2H3,(H2,24,25,26). The Morgan fingerprint density at radius 2 is 1.93 bits per heavy atom. The molecule has 1 aliphatic heterocycles. The molecule has 6 heteroatoms. The molecule has 1 saturated heterocycles. The van der Waals surface area contributed by atoms with Gasteiger partial charge in [-0.05, 0) is 49.1 Å². The van der Waals surface area contributed by atoms with Gasteiger partial charge in [0.15, 0.2) is 5.96 Å². The fraction of sp³-hybridized carbons (Fsp3) is 0.409. The van der Waals surface area contributed by atoms with Crippen LogP contribution in [-0.2, 0) is 6.42 Å². The number of rotatable bonds is 6. The molecule has 5 nitrogen and oxygen atoms in total. The minimum absolute atomic E-state index is 0.440. The van der Waals surface area contributed by atoms with Gasteiger partial charge in [-0.2, -0.15) is 0 Å². The summed E-state index contributed by atoms with van der Waals surface area (Å²) in [7, 11) is 3.46. The van der Waals surface area contributed by atoms with Crippen LogP contribution in [0.3, 0.4) is 0 Å². The fourth-order valence-electron chi connectivity index (χ4n) is 3.48. The van der Waals surface area contributed by atoms with Crippen LogP contribution < -0.4 is 20.3 Å². The van der Waals surface area contributed by atoms with Crippen molar-refractivity contribution in [1.82, 2.24) is 10.6 Å². The monoisotopic (exact) mass is 400 g/mol. The van der Waals surface area contributed by atoms with E-state index in [2.05, 4.69) is 50.9 Å². The first kappa shape index (κ1) is 20.3. The zero-order chi connectivity index (χ0) is 19.8. The largest absolute Gasteiger partial charge is 0.497 e. The highest BCUT2D eigenvalue weighted by molar-refractivity contribution is 6.31. The van der Waals surface area contributed by atoms with Gasteiger partial charge in [-0.15, -0.1) is 0 Å². The Hall–Kier alpha value is -2.40. The van der Waals surface area contributed by atoms with Crippen molar-refractivity contribution < 1.29 is 4.74 Å². The second-order valence-corrected chi connectivity index (χ2v) is 7.35. The number of aliphatic imine (C=N–C) groups is 1. The van der Waals surface area contributed by atoms with Crippen molar-refractivity contribution in [1.29, 1.82) is 0 Å². The number of nitrogens with one attached hydrogen (secondary N) is 2. The molecule has 1 aliphatic rings. The summed E-state index contributed by atoms with van der Waals surface area (Å²) in [6.45, 7) is 2.88. The van der Waals surface area contributed by atoms with E-state index in [4.69, 9.17) is 16.3 Å². The molecular weight excluding hydrogens is 372 g/mol. The minimum Gasteiger partial charge on any atom is -0.497 e. The average molecular weight is 401 g/mol. The number of benzene rings is 2. The van der Waals surface area contributed by atoms with Gasteiger partial charge in [0.1, 0.15) is 5.75 Å². The first-order chi connectivity index (χ1) is 13.7. The molecule has 3 rings (SSSR count). The van der Waals surface area contributed by atoms with Crippen LogP contribution >= 0.6 is 11.6 Å². The molecule has 0 spiro atoms. The van der Waals surface area contributed by atoms with Crippen LogP contribution in [0, 0.1) is 0 Å². The number of para-hydroxylation sites is 1. The average Bonchev–Trinajstić information content (AvgIpc) is 2.75. The van der Waals surface area contributed by atoms with Gasteiger partial charge in [0.2, 0.25) is 0 Å². The summed E-state index contributed by atoms with van der Waals surface area (Å²) >= 11 is 6.32. The molecule has 28 heavy (non-hydrogen) atoms. The Morgan fingerprint density at radius 1 is 1.18 bits per heavy atom. The Kier molecular flexibility index (Phi) is 7.43. The third-order valence-corrected chi connectivity index (χ3v) is 5.48. The van der Waals surface area contributed by atoms with E-state index in [1.807, 2.05) is 25.2 Å². The second kappa shape index (κ2) is 10.2. The number of hydrogen-bond acceptors (Lipinski definition) is 3. The number of ether oxygens (including phenoxy) is 1. The first-order valence-electron chi connectivity index (χ1n) is 9.79. The Morgan fingerprint density at radius 3 is 2.57 bits per heavy atom. The summed E-state index contributed by atoms with van der Waals surface area (Å²) in [4.78, 5) is 6.81. The molecular formula is C22H29ClN4O. The van der Waals surface area contributed by atoms with E-state index in [1.165, 1.54) is 5.69 Å². The summed E-state index contributed by atoms with van der Waals surface area (Å²) in [5, 5.41) is 7.69. The highest BCUT2D eigenvalue weighted by atomic mass is 35.5. The number of nitrogens with zero attached hydrogens (tertiary/aromatic N) is 2. The fourth-order valence-corrected chi connectivity index (χ4v) is 3.75. The van der Waals surface area contributed by atoms with Crippen LogP contribution in [0.25, 0.3) is 0 Å². The lowest BCUT2D eigenvalue weighted by atomic mass is 10.0. The molecule has 150 valence electrons. The number of methoxy groups -OCH3 is 1. The number of hydrogen-bond donors (Lipinski definition) is 2. The summed E-state index contributed by atoms with van der Waals surface area (Å²) in [5.41, 5.74) is 2.40. The molecule has 0 radical (unpaired) electrons. The van der Waals surface area contributed by atoms with E-state index in [9.17, 15) is 0 Å². The molecule has 0 saturated carbocycles. The van der Waals surface area contributed by atoms with Crippen molar-refractivity contribution in [3.63, 3.8) is 0 Å². The molecule has 0 aliphatic carbocycles. The number of guanidine groups is 1. The molecule has 2 aromatic carbocycles. The lowest BCUT2D eigenvalue weighted by Crippen LogP contribution is -2.49. The van der Waals surface area contributed by atoms with Crippen LogP contribution in [0.1, 0.15) is 18.4 Å². The van der Waals surface area contributed by atoms with Crippen molar-refractivity contribution in [3.8, 4) is 5.75 Å².